The van der Waals surface area contributed by atoms with E-state index in [2.05, 4.69) is 56.9 Å². The Morgan fingerprint density at radius 1 is 1.11 bits per heavy atom. The summed E-state index contributed by atoms with van der Waals surface area (Å²) in [6, 6.07) is 15.2. The van der Waals surface area contributed by atoms with Gasteiger partial charge in [-0.25, -0.2) is 9.79 Å². The summed E-state index contributed by atoms with van der Waals surface area (Å²) in [6.45, 7) is 10.3. The molecule has 3 aliphatic heterocycles. The zero-order valence-corrected chi connectivity index (χ0v) is 23.3. The molecule has 5 rings (SSSR count). The number of fused-ring (bicyclic) bond motifs is 1. The minimum atomic E-state index is -0.946. The van der Waals surface area contributed by atoms with Crippen LogP contribution >= 0.6 is 23.4 Å². The van der Waals surface area contributed by atoms with Gasteiger partial charge in [0, 0.05) is 16.8 Å². The predicted molar refractivity (Wildman–Crippen MR) is 148 cm³/mol. The molecule has 1 saturated heterocycles. The number of amidine groups is 1. The number of likely N-dealkylation sites (tertiary alicyclic amines) is 1. The second kappa shape index (κ2) is 9.52. The number of rotatable bonds is 5. The Kier molecular flexibility index (Phi) is 6.65. The van der Waals surface area contributed by atoms with Crippen molar-refractivity contribution in [2.75, 3.05) is 0 Å². The topological polar surface area (TPSA) is 73.2 Å². The number of aliphatic carboxylic acids is 1. The molecule has 2 aromatic rings. The molecule has 1 amide bonds. The van der Waals surface area contributed by atoms with Gasteiger partial charge in [-0.3, -0.25) is 4.79 Å². The average Bonchev–Trinajstić information content (AvgIpc) is 3.49. The Labute approximate surface area is 227 Å². The lowest BCUT2D eigenvalue weighted by atomic mass is 9.81. The molecule has 0 radical (unpaired) electrons. The van der Waals surface area contributed by atoms with Crippen molar-refractivity contribution in [1.29, 1.82) is 0 Å². The van der Waals surface area contributed by atoms with Gasteiger partial charge in [0.25, 0.3) is 5.91 Å². The van der Waals surface area contributed by atoms with E-state index >= 15 is 0 Å². The van der Waals surface area contributed by atoms with Crippen LogP contribution in [-0.4, -0.2) is 44.0 Å². The SMILES string of the molecule is Cc1ccc(C2N3C(=N[C@@]2(C)c2ccc(Cl)cc2)SC(C(=O)N2[C@H](C)CC[C@H]2C(=O)O)=C3C(C)C)cc1. The number of aryl methyl sites for hydroxylation is 1. The number of thioether (sulfide) groups is 1. The Balaban J connectivity index is 1.64. The number of amides is 1. The number of carbonyl (C=O) groups excluding carboxylic acids is 1. The molecule has 6 nitrogen and oxygen atoms in total. The molecule has 0 aliphatic carbocycles. The molecule has 1 fully saturated rings. The van der Waals surface area contributed by atoms with Crippen LogP contribution in [-0.2, 0) is 15.1 Å². The zero-order valence-electron chi connectivity index (χ0n) is 21.7. The molecule has 0 aromatic heterocycles. The monoisotopic (exact) mass is 537 g/mol. The fourth-order valence-electron chi connectivity index (χ4n) is 5.85. The van der Waals surface area contributed by atoms with Crippen LogP contribution < -0.4 is 0 Å². The van der Waals surface area contributed by atoms with E-state index < -0.39 is 17.6 Å². The highest BCUT2D eigenvalue weighted by Gasteiger charge is 2.54. The molecule has 4 atom stereocenters. The van der Waals surface area contributed by atoms with Gasteiger partial charge >= 0.3 is 5.97 Å². The van der Waals surface area contributed by atoms with E-state index in [0.717, 1.165) is 22.0 Å². The Hall–Kier alpha value is -2.77. The molecular formula is C29H32ClN3O3S. The minimum Gasteiger partial charge on any atom is -0.480 e. The first-order valence-electron chi connectivity index (χ1n) is 12.7. The number of halogens is 1. The standard InChI is InChI=1S/C29H32ClN3O3S/c1-16(2)23-24(26(34)32-18(4)8-15-22(32)27(35)36)37-28-31-29(5,20-11-13-21(30)14-12-20)25(33(23)28)19-9-6-17(3)7-10-19/h6-7,9-14,16,18,22,25H,8,15H2,1-5H3,(H,35,36)/t18-,22+,25?,29+/m1/s1. The van der Waals surface area contributed by atoms with E-state index in [9.17, 15) is 14.7 Å². The summed E-state index contributed by atoms with van der Waals surface area (Å²) in [6.07, 6.45) is 1.16. The summed E-state index contributed by atoms with van der Waals surface area (Å²) in [4.78, 5) is 35.6. The van der Waals surface area contributed by atoms with Crippen molar-refractivity contribution in [3.63, 3.8) is 0 Å². The van der Waals surface area contributed by atoms with Crippen LogP contribution in [0.1, 0.15) is 63.3 Å². The lowest BCUT2D eigenvalue weighted by Crippen LogP contribution is -2.44. The fraction of sp³-hybridized carbons (Fsp3) is 0.414. The summed E-state index contributed by atoms with van der Waals surface area (Å²) in [5.74, 6) is -1.13. The number of carboxylic acids is 1. The maximum absolute atomic E-state index is 14.0. The molecule has 0 spiro atoms. The van der Waals surface area contributed by atoms with Crippen molar-refractivity contribution < 1.29 is 14.7 Å². The highest BCUT2D eigenvalue weighted by molar-refractivity contribution is 8.18. The van der Waals surface area contributed by atoms with E-state index in [0.29, 0.717) is 22.8 Å². The van der Waals surface area contributed by atoms with E-state index in [-0.39, 0.29) is 23.9 Å². The van der Waals surface area contributed by atoms with Gasteiger partial charge in [0.1, 0.15) is 16.5 Å². The number of hydrogen-bond donors (Lipinski definition) is 1. The molecule has 2 aromatic carbocycles. The van der Waals surface area contributed by atoms with Gasteiger partial charge in [0.15, 0.2) is 5.17 Å². The highest BCUT2D eigenvalue weighted by Crippen LogP contribution is 2.56. The summed E-state index contributed by atoms with van der Waals surface area (Å²) < 4.78 is 0. The van der Waals surface area contributed by atoms with Crippen LogP contribution in [0.25, 0.3) is 0 Å². The lowest BCUT2D eigenvalue weighted by molar-refractivity contribution is -0.147. The summed E-state index contributed by atoms with van der Waals surface area (Å²) >= 11 is 7.59. The smallest absolute Gasteiger partial charge is 0.326 e. The second-order valence-corrected chi connectivity index (χ2v) is 12.1. The van der Waals surface area contributed by atoms with Gasteiger partial charge in [0.2, 0.25) is 0 Å². The summed E-state index contributed by atoms with van der Waals surface area (Å²) in [7, 11) is 0. The maximum Gasteiger partial charge on any atom is 0.326 e. The van der Waals surface area contributed by atoms with Crippen LogP contribution in [0.5, 0.6) is 0 Å². The minimum absolute atomic E-state index is 0.0286. The third-order valence-corrected chi connectivity index (χ3v) is 9.07. The van der Waals surface area contributed by atoms with Crippen LogP contribution in [0, 0.1) is 12.8 Å². The van der Waals surface area contributed by atoms with Crippen molar-refractivity contribution >= 4 is 40.4 Å². The van der Waals surface area contributed by atoms with Crippen LogP contribution in [0.2, 0.25) is 5.02 Å². The van der Waals surface area contributed by atoms with Gasteiger partial charge in [-0.15, -0.1) is 0 Å². The average molecular weight is 538 g/mol. The van der Waals surface area contributed by atoms with E-state index in [4.69, 9.17) is 16.6 Å². The van der Waals surface area contributed by atoms with Crippen LogP contribution in [0.3, 0.4) is 0 Å². The first-order valence-corrected chi connectivity index (χ1v) is 13.9. The molecule has 8 heteroatoms. The van der Waals surface area contributed by atoms with Crippen molar-refractivity contribution in [3.05, 3.63) is 80.8 Å². The molecule has 37 heavy (non-hydrogen) atoms. The normalized spacial score (nSPS) is 27.2. The van der Waals surface area contributed by atoms with Gasteiger partial charge in [-0.2, -0.15) is 0 Å². The molecule has 3 heterocycles. The number of benzene rings is 2. The summed E-state index contributed by atoms with van der Waals surface area (Å²) in [5.41, 5.74) is 3.61. The van der Waals surface area contributed by atoms with E-state index in [1.165, 1.54) is 17.3 Å². The number of nitrogens with zero attached hydrogens (tertiary/aromatic N) is 3. The fourth-order valence-corrected chi connectivity index (χ4v) is 7.33. The zero-order chi connectivity index (χ0) is 26.6. The van der Waals surface area contributed by atoms with E-state index in [1.54, 1.807) is 4.90 Å². The number of hydrogen-bond acceptors (Lipinski definition) is 5. The molecule has 3 aliphatic rings. The first kappa shape index (κ1) is 25.9. The molecule has 1 N–H and O–H groups in total. The lowest BCUT2D eigenvalue weighted by Gasteiger charge is -2.37. The van der Waals surface area contributed by atoms with Crippen molar-refractivity contribution in [2.24, 2.45) is 10.9 Å². The molecule has 0 bridgehead atoms. The van der Waals surface area contributed by atoms with Crippen molar-refractivity contribution in [3.8, 4) is 0 Å². The Bertz CT molecular complexity index is 1300. The number of allylic oxidation sites excluding steroid dienone is 1. The number of carboxylic acid groups (broad SMARTS) is 1. The van der Waals surface area contributed by atoms with Crippen LogP contribution in [0.4, 0.5) is 0 Å². The van der Waals surface area contributed by atoms with Crippen molar-refractivity contribution in [2.45, 2.75) is 71.1 Å². The largest absolute Gasteiger partial charge is 0.480 e. The number of aliphatic imine (C=N–C) groups is 1. The quantitative estimate of drug-likeness (QED) is 0.480. The van der Waals surface area contributed by atoms with E-state index in [1.807, 2.05) is 31.2 Å². The maximum atomic E-state index is 14.0. The Morgan fingerprint density at radius 2 is 1.76 bits per heavy atom. The Morgan fingerprint density at radius 3 is 2.35 bits per heavy atom. The van der Waals surface area contributed by atoms with Crippen molar-refractivity contribution in [1.82, 2.24) is 9.80 Å². The highest BCUT2D eigenvalue weighted by atomic mass is 35.5. The van der Waals surface area contributed by atoms with Gasteiger partial charge in [-0.1, -0.05) is 67.4 Å². The molecular weight excluding hydrogens is 506 g/mol. The third kappa shape index (κ3) is 4.26. The van der Waals surface area contributed by atoms with Crippen LogP contribution in [0.15, 0.2) is 64.1 Å². The van der Waals surface area contributed by atoms with Gasteiger partial charge in [-0.05, 0) is 74.6 Å². The summed E-state index contributed by atoms with van der Waals surface area (Å²) in [5, 5.41) is 11.2. The molecule has 0 saturated carbocycles. The second-order valence-electron chi connectivity index (χ2n) is 10.7. The first-order chi connectivity index (χ1) is 17.5. The molecule has 1 unspecified atom stereocenters. The molecule has 194 valence electrons. The third-order valence-electron chi connectivity index (χ3n) is 7.76. The predicted octanol–water partition coefficient (Wildman–Crippen LogP) is 6.36. The van der Waals surface area contributed by atoms with Gasteiger partial charge in [0.05, 0.1) is 6.04 Å². The number of carbonyl (C=O) groups is 2. The van der Waals surface area contributed by atoms with Gasteiger partial charge < -0.3 is 14.9 Å².